The van der Waals surface area contributed by atoms with E-state index in [1.54, 1.807) is 29.2 Å². The van der Waals surface area contributed by atoms with Gasteiger partial charge in [-0.2, -0.15) is 0 Å². The van der Waals surface area contributed by atoms with E-state index in [4.69, 9.17) is 37.7 Å². The number of anilines is 1. The monoisotopic (exact) mass is 746 g/mol. The molecule has 1 amide bonds. The maximum Gasteiger partial charge on any atom is 0.271 e. The Balaban J connectivity index is 1.51. The summed E-state index contributed by atoms with van der Waals surface area (Å²) >= 11 is 16.2. The number of amidine groups is 1. The molecule has 1 aliphatic heterocycles. The van der Waals surface area contributed by atoms with E-state index in [1.165, 1.54) is 23.9 Å². The molecule has 4 aromatic rings. The first kappa shape index (κ1) is 31.4. The molecule has 10 heteroatoms. The Labute approximate surface area is 277 Å². The van der Waals surface area contributed by atoms with Gasteiger partial charge >= 0.3 is 0 Å². The van der Waals surface area contributed by atoms with Crippen LogP contribution in [0.25, 0.3) is 6.08 Å². The molecule has 220 valence electrons. The Morgan fingerprint density at radius 1 is 0.977 bits per heavy atom. The molecule has 1 aliphatic rings. The van der Waals surface area contributed by atoms with Gasteiger partial charge in [-0.3, -0.25) is 9.69 Å². The third kappa shape index (κ3) is 7.37. The van der Waals surface area contributed by atoms with Gasteiger partial charge in [0, 0.05) is 10.0 Å². The van der Waals surface area contributed by atoms with Crippen LogP contribution in [0, 0.1) is 23.2 Å². The van der Waals surface area contributed by atoms with Crippen LogP contribution in [0.15, 0.2) is 82.7 Å². The first-order valence-electron chi connectivity index (χ1n) is 13.3. The summed E-state index contributed by atoms with van der Waals surface area (Å²) < 4.78 is 26.4. The minimum atomic E-state index is -0.322. The molecule has 43 heavy (non-hydrogen) atoms. The SMILES string of the molecule is CCOc1cc(/C=C2/SC(=Nc3ccc(C)c(Cl)c3)N(c3ccc(C)c(Cl)c3)C2=O)cc(I)c1OCc1cccc(F)c1. The zero-order valence-corrected chi connectivity index (χ0v) is 27.9. The Morgan fingerprint density at radius 3 is 2.42 bits per heavy atom. The van der Waals surface area contributed by atoms with Gasteiger partial charge in [-0.15, -0.1) is 0 Å². The predicted molar refractivity (Wildman–Crippen MR) is 184 cm³/mol. The number of carbonyl (C=O) groups excluding carboxylic acids is 1. The lowest BCUT2D eigenvalue weighted by Crippen LogP contribution is -2.28. The first-order chi connectivity index (χ1) is 20.6. The first-order valence-corrected chi connectivity index (χ1v) is 16.0. The molecule has 4 aromatic carbocycles. The summed E-state index contributed by atoms with van der Waals surface area (Å²) in [6, 6.07) is 21.0. The molecule has 1 saturated heterocycles. The molecule has 0 saturated carbocycles. The van der Waals surface area contributed by atoms with E-state index in [-0.39, 0.29) is 18.3 Å². The molecule has 0 bridgehead atoms. The maximum atomic E-state index is 13.9. The smallest absolute Gasteiger partial charge is 0.271 e. The van der Waals surface area contributed by atoms with Crippen molar-refractivity contribution < 1.29 is 18.7 Å². The van der Waals surface area contributed by atoms with Crippen molar-refractivity contribution in [3.05, 3.63) is 119 Å². The van der Waals surface area contributed by atoms with Crippen LogP contribution in [0.3, 0.4) is 0 Å². The Kier molecular flexibility index (Phi) is 10.0. The van der Waals surface area contributed by atoms with Crippen LogP contribution in [0.5, 0.6) is 11.5 Å². The Bertz CT molecular complexity index is 1780. The molecule has 1 heterocycles. The Hall–Kier alpha value is -3.05. The second-order valence-electron chi connectivity index (χ2n) is 9.69. The third-order valence-electron chi connectivity index (χ3n) is 6.50. The van der Waals surface area contributed by atoms with Crippen molar-refractivity contribution in [2.75, 3.05) is 11.5 Å². The fourth-order valence-corrected chi connectivity index (χ4v) is 6.40. The molecule has 0 N–H and O–H groups in total. The van der Waals surface area contributed by atoms with Crippen LogP contribution >= 0.6 is 57.6 Å². The molecule has 0 radical (unpaired) electrons. The quantitative estimate of drug-likeness (QED) is 0.133. The van der Waals surface area contributed by atoms with Crippen molar-refractivity contribution in [3.63, 3.8) is 0 Å². The van der Waals surface area contributed by atoms with Crippen molar-refractivity contribution in [1.82, 2.24) is 0 Å². The van der Waals surface area contributed by atoms with Crippen LogP contribution in [-0.2, 0) is 11.4 Å². The number of ether oxygens (including phenoxy) is 2. The minimum absolute atomic E-state index is 0.180. The van der Waals surface area contributed by atoms with Crippen molar-refractivity contribution in [2.24, 2.45) is 4.99 Å². The number of aryl methyl sites for hydroxylation is 2. The fourth-order valence-electron chi connectivity index (χ4n) is 4.27. The zero-order valence-electron chi connectivity index (χ0n) is 23.5. The van der Waals surface area contributed by atoms with Gasteiger partial charge in [-0.25, -0.2) is 9.38 Å². The van der Waals surface area contributed by atoms with Crippen molar-refractivity contribution in [1.29, 1.82) is 0 Å². The topological polar surface area (TPSA) is 51.1 Å². The summed E-state index contributed by atoms with van der Waals surface area (Å²) in [7, 11) is 0. The number of thioether (sulfide) groups is 1. The van der Waals surface area contributed by atoms with E-state index in [0.717, 1.165) is 20.3 Å². The number of nitrogens with zero attached hydrogens (tertiary/aromatic N) is 2. The van der Waals surface area contributed by atoms with E-state index in [9.17, 15) is 9.18 Å². The average molecular weight is 747 g/mol. The summed E-state index contributed by atoms with van der Waals surface area (Å²) in [6.07, 6.45) is 1.81. The van der Waals surface area contributed by atoms with Crippen molar-refractivity contribution >= 4 is 86.1 Å². The van der Waals surface area contributed by atoms with Crippen LogP contribution in [-0.4, -0.2) is 17.7 Å². The van der Waals surface area contributed by atoms with Crippen LogP contribution in [0.2, 0.25) is 10.0 Å². The summed E-state index contributed by atoms with van der Waals surface area (Å²) in [5.41, 5.74) is 4.54. The van der Waals surface area contributed by atoms with Gasteiger partial charge in [0.1, 0.15) is 12.4 Å². The zero-order chi connectivity index (χ0) is 30.7. The lowest BCUT2D eigenvalue weighted by atomic mass is 10.1. The van der Waals surface area contributed by atoms with E-state index in [0.29, 0.717) is 55.2 Å². The predicted octanol–water partition coefficient (Wildman–Crippen LogP) is 10.1. The minimum Gasteiger partial charge on any atom is -0.490 e. The lowest BCUT2D eigenvalue weighted by Gasteiger charge is -2.17. The highest BCUT2D eigenvalue weighted by Gasteiger charge is 2.35. The Morgan fingerprint density at radius 2 is 1.72 bits per heavy atom. The van der Waals surface area contributed by atoms with Crippen molar-refractivity contribution in [2.45, 2.75) is 27.4 Å². The van der Waals surface area contributed by atoms with Crippen LogP contribution < -0.4 is 14.4 Å². The molecule has 1 fully saturated rings. The number of amides is 1. The molecular weight excluding hydrogens is 721 g/mol. The van der Waals surface area contributed by atoms with Gasteiger partial charge in [0.05, 0.1) is 26.5 Å². The lowest BCUT2D eigenvalue weighted by molar-refractivity contribution is -0.113. The molecule has 0 atom stereocenters. The number of benzene rings is 4. The van der Waals surface area contributed by atoms with Gasteiger partial charge in [0.25, 0.3) is 5.91 Å². The number of hydrogen-bond acceptors (Lipinski definition) is 5. The van der Waals surface area contributed by atoms with Gasteiger partial charge < -0.3 is 9.47 Å². The number of halogens is 4. The average Bonchev–Trinajstić information content (AvgIpc) is 3.26. The van der Waals surface area contributed by atoms with E-state index >= 15 is 0 Å². The molecular formula is C33H26Cl2FIN2O3S. The molecule has 0 spiro atoms. The highest BCUT2D eigenvalue weighted by molar-refractivity contribution is 14.1. The van der Waals surface area contributed by atoms with Gasteiger partial charge in [-0.05, 0) is 132 Å². The number of hydrogen-bond donors (Lipinski definition) is 0. The highest BCUT2D eigenvalue weighted by Crippen LogP contribution is 2.41. The fraction of sp³-hybridized carbons (Fsp3) is 0.152. The number of aliphatic imine (C=N–C) groups is 1. The largest absolute Gasteiger partial charge is 0.490 e. The summed E-state index contributed by atoms with van der Waals surface area (Å²) in [6.45, 7) is 6.31. The van der Waals surface area contributed by atoms with Gasteiger partial charge in [0.15, 0.2) is 16.7 Å². The third-order valence-corrected chi connectivity index (χ3v) is 9.09. The molecule has 5 nitrogen and oxygen atoms in total. The highest BCUT2D eigenvalue weighted by atomic mass is 127. The van der Waals surface area contributed by atoms with Gasteiger partial charge in [0.2, 0.25) is 0 Å². The molecule has 0 aromatic heterocycles. The second kappa shape index (κ2) is 13.7. The van der Waals surface area contributed by atoms with Crippen molar-refractivity contribution in [3.8, 4) is 11.5 Å². The number of rotatable bonds is 8. The van der Waals surface area contributed by atoms with Crippen LogP contribution in [0.4, 0.5) is 15.8 Å². The summed E-state index contributed by atoms with van der Waals surface area (Å²) in [5.74, 6) is 0.519. The summed E-state index contributed by atoms with van der Waals surface area (Å²) in [5, 5.41) is 1.62. The molecule has 0 unspecified atom stereocenters. The standard InChI is InChI=1S/C33H26Cl2FIN2O3S/c1-4-41-29-14-22(13-28(37)31(29)42-18-21-6-5-7-23(36)12-21)15-30-32(40)39(25-11-9-20(3)27(35)17-25)33(43-30)38-24-10-8-19(2)26(34)16-24/h5-17H,4,18H2,1-3H3/b30-15+,38-33?. The second-order valence-corrected chi connectivity index (χ2v) is 12.7. The normalized spacial score (nSPS) is 15.0. The summed E-state index contributed by atoms with van der Waals surface area (Å²) in [4.78, 5) is 20.7. The van der Waals surface area contributed by atoms with E-state index < -0.39 is 0 Å². The number of carbonyl (C=O) groups is 1. The van der Waals surface area contributed by atoms with Crippen LogP contribution in [0.1, 0.15) is 29.2 Å². The van der Waals surface area contributed by atoms with E-state index in [1.807, 2.05) is 63.2 Å². The molecule has 0 aliphatic carbocycles. The molecule has 5 rings (SSSR count). The maximum absolute atomic E-state index is 13.9. The van der Waals surface area contributed by atoms with Gasteiger partial charge in [-0.1, -0.05) is 47.5 Å². The van der Waals surface area contributed by atoms with E-state index in [2.05, 4.69) is 22.6 Å².